The number of aryl methyl sites for hydroxylation is 2. The maximum absolute atomic E-state index is 12.2. The fraction of sp³-hybridized carbons (Fsp3) is 0.312. The number of hydrogen-bond acceptors (Lipinski definition) is 4. The molecule has 3 N–H and O–H groups in total. The number of benzene rings is 1. The Labute approximate surface area is 129 Å². The van der Waals surface area contributed by atoms with Gasteiger partial charge < -0.3 is 11.1 Å². The molecule has 0 saturated carbocycles. The molecule has 0 radical (unpaired) electrons. The number of rotatable bonds is 4. The minimum atomic E-state index is -0.306. The van der Waals surface area contributed by atoms with Crippen molar-refractivity contribution in [1.29, 1.82) is 0 Å². The van der Waals surface area contributed by atoms with Gasteiger partial charge in [-0.15, -0.1) is 0 Å². The van der Waals surface area contributed by atoms with E-state index in [1.165, 1.54) is 4.57 Å². The van der Waals surface area contributed by atoms with Crippen molar-refractivity contribution < 1.29 is 4.79 Å². The van der Waals surface area contributed by atoms with Crippen LogP contribution in [0.1, 0.15) is 23.7 Å². The Morgan fingerprint density at radius 2 is 2.00 bits per heavy atom. The molecule has 0 aliphatic rings. The largest absolute Gasteiger partial charge is 0.369 e. The summed E-state index contributed by atoms with van der Waals surface area (Å²) in [4.78, 5) is 28.5. The van der Waals surface area contributed by atoms with Crippen molar-refractivity contribution >= 4 is 17.5 Å². The molecule has 1 amide bonds. The molecule has 0 aliphatic carbocycles. The van der Waals surface area contributed by atoms with Gasteiger partial charge in [-0.05, 0) is 31.9 Å². The quantitative estimate of drug-likeness (QED) is 0.898. The van der Waals surface area contributed by atoms with Crippen LogP contribution in [0.4, 0.5) is 11.6 Å². The van der Waals surface area contributed by atoms with Crippen molar-refractivity contribution in [3.63, 3.8) is 0 Å². The SMILES string of the molecule is CCc1ccccc1NC(=O)Cn1c(N)nc(C)c(C)c1=O. The van der Waals surface area contributed by atoms with Crippen LogP contribution in [0.3, 0.4) is 0 Å². The van der Waals surface area contributed by atoms with Crippen molar-refractivity contribution in [1.82, 2.24) is 9.55 Å². The van der Waals surface area contributed by atoms with Crippen molar-refractivity contribution in [2.75, 3.05) is 11.1 Å². The minimum absolute atomic E-state index is 0.0482. The molecule has 0 saturated heterocycles. The maximum atomic E-state index is 12.2. The first-order valence-corrected chi connectivity index (χ1v) is 7.15. The van der Waals surface area contributed by atoms with E-state index in [1.807, 2.05) is 31.2 Å². The summed E-state index contributed by atoms with van der Waals surface area (Å²) in [5, 5.41) is 2.82. The number of aromatic nitrogens is 2. The van der Waals surface area contributed by atoms with E-state index >= 15 is 0 Å². The number of anilines is 2. The number of nitrogens with one attached hydrogen (secondary N) is 1. The summed E-state index contributed by atoms with van der Waals surface area (Å²) in [6.07, 6.45) is 0.809. The Hall–Kier alpha value is -2.63. The third-order valence-corrected chi connectivity index (χ3v) is 3.64. The van der Waals surface area contributed by atoms with Crippen molar-refractivity contribution in [2.45, 2.75) is 33.7 Å². The van der Waals surface area contributed by atoms with Crippen LogP contribution in [-0.2, 0) is 17.8 Å². The standard InChI is InChI=1S/C16H20N4O2/c1-4-12-7-5-6-8-13(12)19-14(21)9-20-15(22)10(2)11(3)18-16(20)17/h5-8H,4,9H2,1-3H3,(H2,17,18)(H,19,21). The Morgan fingerprint density at radius 1 is 1.32 bits per heavy atom. The highest BCUT2D eigenvalue weighted by molar-refractivity contribution is 5.91. The van der Waals surface area contributed by atoms with Crippen LogP contribution < -0.4 is 16.6 Å². The molecule has 116 valence electrons. The van der Waals surface area contributed by atoms with E-state index in [0.29, 0.717) is 11.3 Å². The second-order valence-corrected chi connectivity index (χ2v) is 5.13. The van der Waals surface area contributed by atoms with Crippen molar-refractivity contribution in [2.24, 2.45) is 0 Å². The maximum Gasteiger partial charge on any atom is 0.258 e. The molecule has 1 heterocycles. The molecule has 2 aromatic rings. The number of hydrogen-bond donors (Lipinski definition) is 2. The first kappa shape index (κ1) is 15.8. The van der Waals surface area contributed by atoms with Crippen LogP contribution in [-0.4, -0.2) is 15.5 Å². The Bertz CT molecular complexity index is 765. The Morgan fingerprint density at radius 3 is 2.68 bits per heavy atom. The fourth-order valence-corrected chi connectivity index (χ4v) is 2.21. The van der Waals surface area contributed by atoms with Gasteiger partial charge in [-0.1, -0.05) is 25.1 Å². The lowest BCUT2D eigenvalue weighted by atomic mass is 10.1. The van der Waals surface area contributed by atoms with Crippen LogP contribution >= 0.6 is 0 Å². The molecule has 0 unspecified atom stereocenters. The van der Waals surface area contributed by atoms with Crippen molar-refractivity contribution in [3.8, 4) is 0 Å². The molecule has 0 fully saturated rings. The normalized spacial score (nSPS) is 10.5. The van der Waals surface area contributed by atoms with Crippen LogP contribution in [0.25, 0.3) is 0 Å². The van der Waals surface area contributed by atoms with Gasteiger partial charge in [-0.2, -0.15) is 0 Å². The average Bonchev–Trinajstić information content (AvgIpc) is 2.50. The van der Waals surface area contributed by atoms with E-state index in [-0.39, 0.29) is 24.0 Å². The van der Waals surface area contributed by atoms with Gasteiger partial charge in [-0.3, -0.25) is 14.2 Å². The van der Waals surface area contributed by atoms with Crippen LogP contribution in [0.15, 0.2) is 29.1 Å². The second-order valence-electron chi connectivity index (χ2n) is 5.13. The monoisotopic (exact) mass is 300 g/mol. The van der Waals surface area contributed by atoms with Crippen LogP contribution in [0.2, 0.25) is 0 Å². The molecule has 0 aliphatic heterocycles. The highest BCUT2D eigenvalue weighted by Crippen LogP contribution is 2.15. The zero-order valence-electron chi connectivity index (χ0n) is 13.0. The molecule has 6 heteroatoms. The van der Waals surface area contributed by atoms with Crippen molar-refractivity contribution in [3.05, 3.63) is 51.4 Å². The van der Waals surface area contributed by atoms with Crippen LogP contribution in [0.5, 0.6) is 0 Å². The number of nitrogens with two attached hydrogens (primary N) is 1. The zero-order valence-corrected chi connectivity index (χ0v) is 13.0. The molecule has 0 spiro atoms. The molecule has 22 heavy (non-hydrogen) atoms. The molecule has 0 atom stereocenters. The van der Waals surface area contributed by atoms with Gasteiger partial charge in [0.25, 0.3) is 5.56 Å². The third kappa shape index (κ3) is 3.16. The van der Waals surface area contributed by atoms with E-state index < -0.39 is 0 Å². The molecular weight excluding hydrogens is 280 g/mol. The van der Waals surface area contributed by atoms with E-state index in [9.17, 15) is 9.59 Å². The summed E-state index contributed by atoms with van der Waals surface area (Å²) in [7, 11) is 0. The predicted octanol–water partition coefficient (Wildman–Crippen LogP) is 1.64. The predicted molar refractivity (Wildman–Crippen MR) is 86.8 cm³/mol. The number of para-hydroxylation sites is 1. The van der Waals surface area contributed by atoms with E-state index in [2.05, 4.69) is 10.3 Å². The number of nitrogens with zero attached hydrogens (tertiary/aromatic N) is 2. The topological polar surface area (TPSA) is 90.0 Å². The smallest absolute Gasteiger partial charge is 0.258 e. The lowest BCUT2D eigenvalue weighted by Crippen LogP contribution is -2.32. The van der Waals surface area contributed by atoms with E-state index in [0.717, 1.165) is 17.7 Å². The summed E-state index contributed by atoms with van der Waals surface area (Å²) in [6.45, 7) is 5.25. The van der Waals surface area contributed by atoms with E-state index in [4.69, 9.17) is 5.73 Å². The van der Waals surface area contributed by atoms with Crippen LogP contribution in [0, 0.1) is 13.8 Å². The molecular formula is C16H20N4O2. The van der Waals surface area contributed by atoms with Gasteiger partial charge in [0, 0.05) is 16.9 Å². The van der Waals surface area contributed by atoms with Gasteiger partial charge in [0.1, 0.15) is 6.54 Å². The minimum Gasteiger partial charge on any atom is -0.369 e. The first-order valence-electron chi connectivity index (χ1n) is 7.15. The van der Waals surface area contributed by atoms with Gasteiger partial charge in [0.2, 0.25) is 11.9 Å². The van der Waals surface area contributed by atoms with E-state index in [1.54, 1.807) is 13.8 Å². The number of carbonyl (C=O) groups excluding carboxylic acids is 1. The van der Waals surface area contributed by atoms with Gasteiger partial charge in [0.05, 0.1) is 0 Å². The fourth-order valence-electron chi connectivity index (χ4n) is 2.21. The van der Waals surface area contributed by atoms with Gasteiger partial charge in [0.15, 0.2) is 0 Å². The van der Waals surface area contributed by atoms with Gasteiger partial charge >= 0.3 is 0 Å². The highest BCUT2D eigenvalue weighted by Gasteiger charge is 2.13. The number of nitrogen functional groups attached to an aromatic ring is 1. The second kappa shape index (κ2) is 6.43. The average molecular weight is 300 g/mol. The lowest BCUT2D eigenvalue weighted by molar-refractivity contribution is -0.116. The van der Waals surface area contributed by atoms with Gasteiger partial charge in [-0.25, -0.2) is 4.98 Å². The number of carbonyl (C=O) groups is 1. The summed E-state index contributed by atoms with van der Waals surface area (Å²) >= 11 is 0. The lowest BCUT2D eigenvalue weighted by Gasteiger charge is -2.13. The first-order chi connectivity index (χ1) is 10.4. The summed E-state index contributed by atoms with van der Waals surface area (Å²) in [5.41, 5.74) is 8.33. The number of amides is 1. The molecule has 1 aromatic carbocycles. The third-order valence-electron chi connectivity index (χ3n) is 3.64. The Balaban J connectivity index is 2.23. The Kier molecular flexibility index (Phi) is 4.60. The zero-order chi connectivity index (χ0) is 16.3. The summed E-state index contributed by atoms with van der Waals surface area (Å²) in [5.74, 6) is -0.258. The molecule has 2 rings (SSSR count). The highest BCUT2D eigenvalue weighted by atomic mass is 16.2. The summed E-state index contributed by atoms with van der Waals surface area (Å²) < 4.78 is 1.19. The molecule has 6 nitrogen and oxygen atoms in total. The summed E-state index contributed by atoms with van der Waals surface area (Å²) in [6, 6.07) is 7.56. The molecule has 1 aromatic heterocycles. The molecule has 0 bridgehead atoms.